The third-order valence-electron chi connectivity index (χ3n) is 3.23. The Morgan fingerprint density at radius 2 is 2.00 bits per heavy atom. The zero-order valence-electron chi connectivity index (χ0n) is 9.18. The number of carbonyl (C=O) groups is 1. The van der Waals surface area contributed by atoms with Gasteiger partial charge in [0.05, 0.1) is 12.1 Å². The van der Waals surface area contributed by atoms with Crippen LogP contribution in [0.3, 0.4) is 0 Å². The van der Waals surface area contributed by atoms with Crippen LogP contribution in [0.15, 0.2) is 0 Å². The van der Waals surface area contributed by atoms with Crippen molar-refractivity contribution in [3.63, 3.8) is 0 Å². The van der Waals surface area contributed by atoms with Gasteiger partial charge in [-0.1, -0.05) is 13.8 Å². The number of nitrogens with one attached hydrogen (secondary N) is 1. The zero-order valence-corrected chi connectivity index (χ0v) is 9.18. The number of hydrogen-bond acceptors (Lipinski definition) is 2. The quantitative estimate of drug-likeness (QED) is 0.680. The van der Waals surface area contributed by atoms with E-state index in [9.17, 15) is 9.90 Å². The van der Waals surface area contributed by atoms with Crippen molar-refractivity contribution in [3.05, 3.63) is 0 Å². The van der Waals surface area contributed by atoms with Gasteiger partial charge in [-0.05, 0) is 31.6 Å². The minimum Gasteiger partial charge on any atom is -0.394 e. The molecule has 0 unspecified atom stereocenters. The van der Waals surface area contributed by atoms with Gasteiger partial charge in [0, 0.05) is 6.42 Å². The van der Waals surface area contributed by atoms with Crippen LogP contribution in [0, 0.1) is 5.92 Å². The van der Waals surface area contributed by atoms with Gasteiger partial charge in [0.2, 0.25) is 5.91 Å². The van der Waals surface area contributed by atoms with Crippen molar-refractivity contribution in [1.29, 1.82) is 0 Å². The molecule has 1 aliphatic rings. The number of amides is 1. The second kappa shape index (κ2) is 4.78. The third kappa shape index (κ3) is 2.98. The van der Waals surface area contributed by atoms with Crippen molar-refractivity contribution in [2.24, 2.45) is 5.92 Å². The van der Waals surface area contributed by atoms with Crippen molar-refractivity contribution >= 4 is 5.91 Å². The van der Waals surface area contributed by atoms with Gasteiger partial charge in [-0.3, -0.25) is 4.79 Å². The van der Waals surface area contributed by atoms with Crippen molar-refractivity contribution in [2.45, 2.75) is 51.5 Å². The van der Waals surface area contributed by atoms with Crippen LogP contribution in [0.4, 0.5) is 0 Å². The Bertz CT molecular complexity index is 187. The number of hydrogen-bond donors (Lipinski definition) is 2. The molecule has 0 saturated heterocycles. The summed E-state index contributed by atoms with van der Waals surface area (Å²) >= 11 is 0. The van der Waals surface area contributed by atoms with E-state index in [1.165, 1.54) is 12.8 Å². The first kappa shape index (κ1) is 11.5. The van der Waals surface area contributed by atoms with Gasteiger partial charge in [-0.15, -0.1) is 0 Å². The monoisotopic (exact) mass is 199 g/mol. The van der Waals surface area contributed by atoms with Crippen LogP contribution in [0.5, 0.6) is 0 Å². The summed E-state index contributed by atoms with van der Waals surface area (Å²) < 4.78 is 0. The van der Waals surface area contributed by atoms with Gasteiger partial charge in [-0.2, -0.15) is 0 Å². The van der Waals surface area contributed by atoms with Crippen LogP contribution in [0.25, 0.3) is 0 Å². The van der Waals surface area contributed by atoms with E-state index in [0.717, 1.165) is 12.8 Å². The largest absolute Gasteiger partial charge is 0.394 e. The van der Waals surface area contributed by atoms with Crippen LogP contribution in [0.1, 0.15) is 46.0 Å². The molecule has 0 radical (unpaired) electrons. The van der Waals surface area contributed by atoms with Crippen molar-refractivity contribution < 1.29 is 9.90 Å². The van der Waals surface area contributed by atoms with Crippen LogP contribution in [0.2, 0.25) is 0 Å². The molecule has 1 rings (SSSR count). The number of rotatable bonds is 6. The lowest BCUT2D eigenvalue weighted by Crippen LogP contribution is -2.50. The number of carbonyl (C=O) groups excluding carboxylic acids is 1. The summed E-state index contributed by atoms with van der Waals surface area (Å²) in [6.07, 6.45) is 4.60. The van der Waals surface area contributed by atoms with E-state index in [1.807, 2.05) is 13.8 Å². The van der Waals surface area contributed by atoms with E-state index in [4.69, 9.17) is 0 Å². The molecule has 3 heteroatoms. The third-order valence-corrected chi connectivity index (χ3v) is 3.23. The zero-order chi connectivity index (χ0) is 10.6. The maximum Gasteiger partial charge on any atom is 0.220 e. The van der Waals surface area contributed by atoms with Crippen LogP contribution in [-0.4, -0.2) is 23.2 Å². The lowest BCUT2D eigenvalue weighted by atomic mass is 9.93. The molecule has 2 N–H and O–H groups in total. The molecule has 82 valence electrons. The van der Waals surface area contributed by atoms with Crippen LogP contribution in [-0.2, 0) is 4.79 Å². The maximum atomic E-state index is 11.6. The molecule has 0 aliphatic heterocycles. The van der Waals surface area contributed by atoms with Gasteiger partial charge in [-0.25, -0.2) is 0 Å². The minimum atomic E-state index is -0.383. The van der Waals surface area contributed by atoms with Crippen molar-refractivity contribution in [1.82, 2.24) is 5.32 Å². The summed E-state index contributed by atoms with van der Waals surface area (Å²) in [7, 11) is 0. The van der Waals surface area contributed by atoms with Crippen LogP contribution >= 0.6 is 0 Å². The summed E-state index contributed by atoms with van der Waals surface area (Å²) in [6, 6.07) is 0. The molecule has 1 fully saturated rings. The second-order valence-corrected chi connectivity index (χ2v) is 4.34. The Labute approximate surface area is 85.9 Å². The molecule has 0 atom stereocenters. The average molecular weight is 199 g/mol. The highest BCUT2D eigenvalue weighted by molar-refractivity contribution is 5.77. The highest BCUT2D eigenvalue weighted by atomic mass is 16.3. The molecule has 0 bridgehead atoms. The van der Waals surface area contributed by atoms with E-state index in [2.05, 4.69) is 5.32 Å². The Hall–Kier alpha value is -0.570. The molecule has 0 spiro atoms. The molecule has 3 nitrogen and oxygen atoms in total. The smallest absolute Gasteiger partial charge is 0.220 e. The summed E-state index contributed by atoms with van der Waals surface area (Å²) in [4.78, 5) is 11.6. The lowest BCUT2D eigenvalue weighted by molar-refractivity contribution is -0.124. The predicted molar refractivity (Wildman–Crippen MR) is 55.9 cm³/mol. The standard InChI is InChI=1S/C11H21NO2/c1-3-11(4-2,8-13)12-10(14)7-9-5-6-9/h9,13H,3-8H2,1-2H3,(H,12,14). The van der Waals surface area contributed by atoms with Gasteiger partial charge in [0.1, 0.15) is 0 Å². The van der Waals surface area contributed by atoms with Gasteiger partial charge < -0.3 is 10.4 Å². The second-order valence-electron chi connectivity index (χ2n) is 4.34. The van der Waals surface area contributed by atoms with E-state index < -0.39 is 0 Å². The Balaban J connectivity index is 2.40. The van der Waals surface area contributed by atoms with Gasteiger partial charge in [0.25, 0.3) is 0 Å². The van der Waals surface area contributed by atoms with E-state index in [-0.39, 0.29) is 18.1 Å². The molecule has 0 aromatic rings. The highest BCUT2D eigenvalue weighted by Crippen LogP contribution is 2.32. The Morgan fingerprint density at radius 3 is 2.36 bits per heavy atom. The van der Waals surface area contributed by atoms with Crippen molar-refractivity contribution in [2.75, 3.05) is 6.61 Å². The molecule has 0 heterocycles. The van der Waals surface area contributed by atoms with E-state index >= 15 is 0 Å². The fourth-order valence-corrected chi connectivity index (χ4v) is 1.62. The van der Waals surface area contributed by atoms with Gasteiger partial charge >= 0.3 is 0 Å². The summed E-state index contributed by atoms with van der Waals surface area (Å²) in [5.41, 5.74) is -0.383. The highest BCUT2D eigenvalue weighted by Gasteiger charge is 2.30. The summed E-state index contributed by atoms with van der Waals surface area (Å²) in [5.74, 6) is 0.713. The fourth-order valence-electron chi connectivity index (χ4n) is 1.62. The summed E-state index contributed by atoms with van der Waals surface area (Å²) in [5, 5.41) is 12.2. The molecule has 0 aromatic heterocycles. The SMILES string of the molecule is CCC(CC)(CO)NC(=O)CC1CC1. The van der Waals surface area contributed by atoms with E-state index in [1.54, 1.807) is 0 Å². The number of aliphatic hydroxyl groups is 1. The average Bonchev–Trinajstić information content (AvgIpc) is 2.98. The van der Waals surface area contributed by atoms with Gasteiger partial charge in [0.15, 0.2) is 0 Å². The van der Waals surface area contributed by atoms with E-state index in [0.29, 0.717) is 12.3 Å². The molecule has 1 aliphatic carbocycles. The molecule has 0 aromatic carbocycles. The Kier molecular flexibility index (Phi) is 3.93. The first-order valence-electron chi connectivity index (χ1n) is 5.57. The number of aliphatic hydroxyl groups excluding tert-OH is 1. The Morgan fingerprint density at radius 1 is 1.43 bits per heavy atom. The topological polar surface area (TPSA) is 49.3 Å². The molecular weight excluding hydrogens is 178 g/mol. The normalized spacial score (nSPS) is 16.8. The molecule has 1 amide bonds. The first-order chi connectivity index (χ1) is 6.65. The predicted octanol–water partition coefficient (Wildman–Crippen LogP) is 1.45. The molecule has 14 heavy (non-hydrogen) atoms. The van der Waals surface area contributed by atoms with Crippen molar-refractivity contribution in [3.8, 4) is 0 Å². The summed E-state index contributed by atoms with van der Waals surface area (Å²) in [6.45, 7) is 4.03. The van der Waals surface area contributed by atoms with Crippen LogP contribution < -0.4 is 5.32 Å². The molecule has 1 saturated carbocycles. The first-order valence-corrected chi connectivity index (χ1v) is 5.57. The lowest BCUT2D eigenvalue weighted by Gasteiger charge is -2.30. The minimum absolute atomic E-state index is 0.0381. The fraction of sp³-hybridized carbons (Fsp3) is 0.909. The maximum absolute atomic E-state index is 11.6. The molecular formula is C11H21NO2.